The average Bonchev–Trinajstić information content (AvgIpc) is 3.04. The van der Waals surface area contributed by atoms with Crippen LogP contribution < -0.4 is 15.2 Å². The molecule has 0 unspecified atom stereocenters. The molecule has 0 aliphatic carbocycles. The molecule has 6 nitrogen and oxygen atoms in total. The first-order chi connectivity index (χ1) is 12.5. The van der Waals surface area contributed by atoms with E-state index in [1.165, 1.54) is 12.1 Å². The number of hydrogen-bond acceptors (Lipinski definition) is 6. The van der Waals surface area contributed by atoms with Crippen LogP contribution in [0.2, 0.25) is 0 Å². The summed E-state index contributed by atoms with van der Waals surface area (Å²) in [5.74, 6) is 1.04. The molecule has 0 bridgehead atoms. The normalized spacial score (nSPS) is 11.0. The zero-order valence-electron chi connectivity index (χ0n) is 13.8. The Balaban J connectivity index is 1.79. The molecular weight excluding hydrogens is 405 g/mol. The first-order valence-electron chi connectivity index (χ1n) is 7.57. The number of rotatable bonds is 6. The van der Waals surface area contributed by atoms with Crippen LogP contribution in [0.4, 0.5) is 10.4 Å². The highest BCUT2D eigenvalue weighted by molar-refractivity contribution is 9.10. The molecule has 3 aromatic rings. The minimum atomic E-state index is -0.306. The van der Waals surface area contributed by atoms with Crippen LogP contribution >= 0.6 is 15.9 Å². The van der Waals surface area contributed by atoms with Gasteiger partial charge in [-0.15, -0.1) is 5.10 Å². The molecule has 0 aliphatic rings. The van der Waals surface area contributed by atoms with Crippen molar-refractivity contribution in [2.45, 2.75) is 6.61 Å². The highest BCUT2D eigenvalue weighted by Gasteiger charge is 2.12. The number of nitrogens with two attached hydrogens (primary N) is 1. The maximum absolute atomic E-state index is 13.3. The fraction of sp³-hybridized carbons (Fsp3) is 0.111. The number of nitrogens with zero attached hydrogens (tertiary/aromatic N) is 2. The summed E-state index contributed by atoms with van der Waals surface area (Å²) in [5.41, 5.74) is 6.93. The van der Waals surface area contributed by atoms with Crippen molar-refractivity contribution in [3.05, 3.63) is 63.7 Å². The molecule has 0 radical (unpaired) electrons. The lowest BCUT2D eigenvalue weighted by atomic mass is 10.2. The Morgan fingerprint density at radius 3 is 2.77 bits per heavy atom. The summed E-state index contributed by atoms with van der Waals surface area (Å²) in [5, 5.41) is 7.34. The molecule has 2 aromatic carbocycles. The third kappa shape index (κ3) is 4.40. The predicted octanol–water partition coefficient (Wildman–Crippen LogP) is 4.31. The summed E-state index contributed by atoms with van der Waals surface area (Å²) in [7, 11) is 1.54. The third-order valence-corrected chi connectivity index (χ3v) is 3.99. The number of methoxy groups -OCH3 is 1. The standard InChI is InChI=1S/C18H15BrFN3O3/c1-24-15-9-11(5-6-16-22-23-18(21)26-16)8-14(19)17(15)25-10-12-3-2-4-13(20)7-12/h2-9H,10H2,1H3,(H2,21,23)/b6-5+. The molecule has 0 atom stereocenters. The third-order valence-electron chi connectivity index (χ3n) is 3.40. The van der Waals surface area contributed by atoms with Gasteiger partial charge in [-0.3, -0.25) is 0 Å². The first-order valence-corrected chi connectivity index (χ1v) is 8.36. The van der Waals surface area contributed by atoms with Gasteiger partial charge in [0.15, 0.2) is 11.5 Å². The van der Waals surface area contributed by atoms with Gasteiger partial charge >= 0.3 is 6.01 Å². The van der Waals surface area contributed by atoms with Crippen molar-refractivity contribution in [1.82, 2.24) is 10.2 Å². The van der Waals surface area contributed by atoms with Crippen LogP contribution in [0, 0.1) is 5.82 Å². The van der Waals surface area contributed by atoms with Gasteiger partial charge in [-0.2, -0.15) is 0 Å². The van der Waals surface area contributed by atoms with Crippen LogP contribution in [0.25, 0.3) is 12.2 Å². The lowest BCUT2D eigenvalue weighted by molar-refractivity contribution is 0.282. The molecular formula is C18H15BrFN3O3. The molecule has 26 heavy (non-hydrogen) atoms. The van der Waals surface area contributed by atoms with Crippen molar-refractivity contribution in [3.8, 4) is 11.5 Å². The van der Waals surface area contributed by atoms with E-state index >= 15 is 0 Å². The van der Waals surface area contributed by atoms with E-state index in [0.29, 0.717) is 21.9 Å². The summed E-state index contributed by atoms with van der Waals surface area (Å²) in [6.45, 7) is 0.211. The number of hydrogen-bond donors (Lipinski definition) is 1. The number of ether oxygens (including phenoxy) is 2. The van der Waals surface area contributed by atoms with Crippen LogP contribution in [0.5, 0.6) is 11.5 Å². The van der Waals surface area contributed by atoms with Crippen LogP contribution in [0.1, 0.15) is 17.0 Å². The van der Waals surface area contributed by atoms with E-state index in [1.54, 1.807) is 37.5 Å². The van der Waals surface area contributed by atoms with Crippen LogP contribution in [0.15, 0.2) is 45.3 Å². The quantitative estimate of drug-likeness (QED) is 0.640. The molecule has 0 saturated carbocycles. The Morgan fingerprint density at radius 2 is 2.08 bits per heavy atom. The highest BCUT2D eigenvalue weighted by Crippen LogP contribution is 2.37. The molecule has 3 rings (SSSR count). The van der Waals surface area contributed by atoms with E-state index in [1.807, 2.05) is 6.07 Å². The van der Waals surface area contributed by atoms with E-state index < -0.39 is 0 Å². The van der Waals surface area contributed by atoms with Gasteiger partial charge in [-0.25, -0.2) is 4.39 Å². The van der Waals surface area contributed by atoms with Gasteiger partial charge in [0.2, 0.25) is 5.89 Å². The van der Waals surface area contributed by atoms with Gasteiger partial charge in [-0.05, 0) is 57.4 Å². The zero-order valence-corrected chi connectivity index (χ0v) is 15.4. The largest absolute Gasteiger partial charge is 0.493 e. The minimum absolute atomic E-state index is 0.00417. The molecule has 0 saturated heterocycles. The second kappa shape index (κ2) is 8.01. The smallest absolute Gasteiger partial charge is 0.313 e. The van der Waals surface area contributed by atoms with Gasteiger partial charge in [0, 0.05) is 6.08 Å². The van der Waals surface area contributed by atoms with Crippen molar-refractivity contribution in [3.63, 3.8) is 0 Å². The van der Waals surface area contributed by atoms with Crippen LogP contribution in [-0.4, -0.2) is 17.3 Å². The second-order valence-electron chi connectivity index (χ2n) is 5.26. The Morgan fingerprint density at radius 1 is 1.23 bits per heavy atom. The molecule has 1 aromatic heterocycles. The summed E-state index contributed by atoms with van der Waals surface area (Å²) in [6, 6.07) is 9.88. The molecule has 1 heterocycles. The molecule has 2 N–H and O–H groups in total. The first kappa shape index (κ1) is 17.9. The average molecular weight is 420 g/mol. The van der Waals surface area contributed by atoms with E-state index in [0.717, 1.165) is 11.1 Å². The van der Waals surface area contributed by atoms with Crippen LogP contribution in [-0.2, 0) is 6.61 Å². The van der Waals surface area contributed by atoms with Gasteiger partial charge in [0.1, 0.15) is 12.4 Å². The van der Waals surface area contributed by atoms with E-state index in [2.05, 4.69) is 26.1 Å². The van der Waals surface area contributed by atoms with Gasteiger partial charge in [0.25, 0.3) is 0 Å². The van der Waals surface area contributed by atoms with Crippen molar-refractivity contribution in [1.29, 1.82) is 0 Å². The maximum atomic E-state index is 13.3. The summed E-state index contributed by atoms with van der Waals surface area (Å²) in [6.07, 6.45) is 3.41. The fourth-order valence-corrected chi connectivity index (χ4v) is 2.81. The lowest BCUT2D eigenvalue weighted by Gasteiger charge is -2.13. The number of halogens is 2. The second-order valence-corrected chi connectivity index (χ2v) is 6.12. The lowest BCUT2D eigenvalue weighted by Crippen LogP contribution is -1.99. The summed E-state index contributed by atoms with van der Waals surface area (Å²) in [4.78, 5) is 0. The Labute approximate surface area is 157 Å². The molecule has 134 valence electrons. The SMILES string of the molecule is COc1cc(/C=C/c2nnc(N)o2)cc(Br)c1OCc1cccc(F)c1. The van der Waals surface area contributed by atoms with E-state index in [4.69, 9.17) is 19.6 Å². The monoisotopic (exact) mass is 419 g/mol. The maximum Gasteiger partial charge on any atom is 0.313 e. The molecule has 8 heteroatoms. The number of anilines is 1. The number of benzene rings is 2. The Bertz CT molecular complexity index is 943. The van der Waals surface area contributed by atoms with Crippen molar-refractivity contribution >= 4 is 34.1 Å². The zero-order chi connectivity index (χ0) is 18.5. The predicted molar refractivity (Wildman–Crippen MR) is 99.1 cm³/mol. The van der Waals surface area contributed by atoms with Gasteiger partial charge < -0.3 is 19.6 Å². The topological polar surface area (TPSA) is 83.4 Å². The van der Waals surface area contributed by atoms with Crippen molar-refractivity contribution in [2.24, 2.45) is 0 Å². The minimum Gasteiger partial charge on any atom is -0.493 e. The molecule has 0 spiro atoms. The Hall–Kier alpha value is -2.87. The molecule has 0 amide bonds. The number of aromatic nitrogens is 2. The highest BCUT2D eigenvalue weighted by atomic mass is 79.9. The van der Waals surface area contributed by atoms with Crippen molar-refractivity contribution in [2.75, 3.05) is 12.8 Å². The van der Waals surface area contributed by atoms with Gasteiger partial charge in [-0.1, -0.05) is 17.2 Å². The summed E-state index contributed by atoms with van der Waals surface area (Å²) < 4.78 is 30.3. The van der Waals surface area contributed by atoms with E-state index in [-0.39, 0.29) is 18.4 Å². The molecule has 0 fully saturated rings. The Kier molecular flexibility index (Phi) is 5.52. The fourth-order valence-electron chi connectivity index (χ4n) is 2.24. The summed E-state index contributed by atoms with van der Waals surface area (Å²) >= 11 is 3.47. The number of nitrogen functional groups attached to an aromatic ring is 1. The molecule has 0 aliphatic heterocycles. The van der Waals surface area contributed by atoms with Gasteiger partial charge in [0.05, 0.1) is 11.6 Å². The van der Waals surface area contributed by atoms with Crippen molar-refractivity contribution < 1.29 is 18.3 Å². The van der Waals surface area contributed by atoms with Crippen LogP contribution in [0.3, 0.4) is 0 Å². The van der Waals surface area contributed by atoms with E-state index in [9.17, 15) is 4.39 Å².